The van der Waals surface area contributed by atoms with Gasteiger partial charge in [0.1, 0.15) is 0 Å². The summed E-state index contributed by atoms with van der Waals surface area (Å²) in [5, 5.41) is 0. The molecule has 0 saturated heterocycles. The zero-order valence-corrected chi connectivity index (χ0v) is 12.4. The second-order valence-electron chi connectivity index (χ2n) is 5.23. The maximum atomic E-state index is 11.9. The number of aryl methyl sites for hydroxylation is 1. The minimum absolute atomic E-state index is 0.122. The summed E-state index contributed by atoms with van der Waals surface area (Å²) >= 11 is 0. The van der Waals surface area contributed by atoms with E-state index in [1.807, 2.05) is 44.2 Å². The Hall–Kier alpha value is -0.800. The molecule has 0 fully saturated rings. The first-order chi connectivity index (χ1) is 8.84. The number of nitrogens with two attached hydrogens (primary N) is 1. The number of hydrogen-bond donors (Lipinski definition) is 3. The number of carbonyl (C=O) groups is 1. The lowest BCUT2D eigenvalue weighted by atomic mass is 10.1. The Labute approximate surface area is 115 Å². The van der Waals surface area contributed by atoms with Crippen molar-refractivity contribution in [1.82, 2.24) is 0 Å². The van der Waals surface area contributed by atoms with E-state index in [-0.39, 0.29) is 12.3 Å². The Balaban J connectivity index is 2.56. The highest BCUT2D eigenvalue weighted by Crippen LogP contribution is 2.56. The lowest BCUT2D eigenvalue weighted by Crippen LogP contribution is -2.29. The zero-order chi connectivity index (χ0) is 14.5. The van der Waals surface area contributed by atoms with E-state index >= 15 is 0 Å². The number of hydrogen-bond acceptors (Lipinski definition) is 4. The van der Waals surface area contributed by atoms with Gasteiger partial charge in [-0.3, -0.25) is 5.73 Å². The Kier molecular flexibility index (Phi) is 6.08. The fraction of sp³-hybridized carbons (Fsp3) is 0.500. The third kappa shape index (κ3) is 5.00. The van der Waals surface area contributed by atoms with Crippen LogP contribution in [-0.2, 0) is 11.2 Å². The average Bonchev–Trinajstić information content (AvgIpc) is 2.36. The fourth-order valence-corrected chi connectivity index (χ4v) is 3.40. The van der Waals surface area contributed by atoms with Gasteiger partial charge < -0.3 is 0 Å². The standard InChI is InChI=1S/C14H23NO3P/c1-11(2)10-13(15)19(17,18)14(16)9-8-12-6-4-3-5-7-12/h3-7,11,13,17-18H,8-10,15H2,1-2H3/q+1. The van der Waals surface area contributed by atoms with E-state index in [2.05, 4.69) is 0 Å². The van der Waals surface area contributed by atoms with Crippen LogP contribution in [0.3, 0.4) is 0 Å². The molecule has 5 heteroatoms. The molecule has 0 saturated carbocycles. The lowest BCUT2D eigenvalue weighted by molar-refractivity contribution is -0.113. The topological polar surface area (TPSA) is 83.6 Å². The summed E-state index contributed by atoms with van der Waals surface area (Å²) in [5.74, 6) is -0.605. The molecule has 1 aromatic rings. The third-order valence-electron chi connectivity index (χ3n) is 3.01. The van der Waals surface area contributed by atoms with Crippen LogP contribution in [0, 0.1) is 5.92 Å². The maximum absolute atomic E-state index is 11.9. The van der Waals surface area contributed by atoms with Gasteiger partial charge in [0, 0.05) is 6.42 Å². The van der Waals surface area contributed by atoms with E-state index in [0.717, 1.165) is 5.56 Å². The Morgan fingerprint density at radius 3 is 2.37 bits per heavy atom. The van der Waals surface area contributed by atoms with Crippen LogP contribution in [0.15, 0.2) is 30.3 Å². The van der Waals surface area contributed by atoms with Gasteiger partial charge in [-0.05, 0) is 17.9 Å². The van der Waals surface area contributed by atoms with Gasteiger partial charge in [-0.25, -0.2) is 14.6 Å². The zero-order valence-electron chi connectivity index (χ0n) is 11.5. The molecule has 0 amide bonds. The molecule has 0 aliphatic heterocycles. The Bertz CT molecular complexity index is 406. The van der Waals surface area contributed by atoms with Crippen LogP contribution in [0.25, 0.3) is 0 Å². The highest BCUT2D eigenvalue weighted by molar-refractivity contribution is 7.81. The molecule has 1 aromatic carbocycles. The van der Waals surface area contributed by atoms with Gasteiger partial charge in [0.25, 0.3) is 0 Å². The molecule has 1 atom stereocenters. The van der Waals surface area contributed by atoms with Crippen LogP contribution >= 0.6 is 7.72 Å². The summed E-state index contributed by atoms with van der Waals surface area (Å²) in [5.41, 5.74) is 6.25. The van der Waals surface area contributed by atoms with E-state index in [1.165, 1.54) is 0 Å². The Morgan fingerprint density at radius 1 is 1.26 bits per heavy atom. The number of rotatable bonds is 7. The molecular formula is C14H23NO3P+. The van der Waals surface area contributed by atoms with Gasteiger partial charge in [-0.2, -0.15) is 0 Å². The molecule has 0 heterocycles. The van der Waals surface area contributed by atoms with Gasteiger partial charge in [-0.15, -0.1) is 0 Å². The highest BCUT2D eigenvalue weighted by atomic mass is 31.2. The van der Waals surface area contributed by atoms with Gasteiger partial charge in [0.15, 0.2) is 5.78 Å². The monoisotopic (exact) mass is 284 g/mol. The highest BCUT2D eigenvalue weighted by Gasteiger charge is 2.49. The van der Waals surface area contributed by atoms with Crippen molar-refractivity contribution in [3.05, 3.63) is 35.9 Å². The molecule has 106 valence electrons. The Morgan fingerprint density at radius 2 is 1.84 bits per heavy atom. The van der Waals surface area contributed by atoms with Crippen LogP contribution in [0.1, 0.15) is 32.3 Å². The molecule has 19 heavy (non-hydrogen) atoms. The van der Waals surface area contributed by atoms with Crippen molar-refractivity contribution in [2.24, 2.45) is 11.7 Å². The van der Waals surface area contributed by atoms with Crippen LogP contribution in [-0.4, -0.2) is 21.1 Å². The van der Waals surface area contributed by atoms with Crippen LogP contribution in [0.5, 0.6) is 0 Å². The van der Waals surface area contributed by atoms with E-state index in [0.29, 0.717) is 12.8 Å². The summed E-state index contributed by atoms with van der Waals surface area (Å²) in [6, 6.07) is 9.51. The van der Waals surface area contributed by atoms with Gasteiger partial charge in [0.05, 0.1) is 6.42 Å². The molecule has 0 aliphatic rings. The molecule has 1 unspecified atom stereocenters. The minimum atomic E-state index is -3.68. The van der Waals surface area contributed by atoms with Crippen molar-refractivity contribution in [3.63, 3.8) is 0 Å². The van der Waals surface area contributed by atoms with Crippen molar-refractivity contribution in [2.45, 2.75) is 38.9 Å². The van der Waals surface area contributed by atoms with Gasteiger partial charge >= 0.3 is 13.2 Å². The summed E-state index contributed by atoms with van der Waals surface area (Å²) in [4.78, 5) is 31.9. The third-order valence-corrected chi connectivity index (χ3v) is 5.11. The van der Waals surface area contributed by atoms with Crippen molar-refractivity contribution < 1.29 is 14.6 Å². The molecule has 0 spiro atoms. The molecule has 0 bridgehead atoms. The first-order valence-corrected chi connectivity index (χ1v) is 8.27. The summed E-state index contributed by atoms with van der Waals surface area (Å²) < 4.78 is 0. The number of carbonyl (C=O) groups excluding carboxylic acids is 1. The summed E-state index contributed by atoms with van der Waals surface area (Å²) in [7, 11) is -3.68. The first-order valence-electron chi connectivity index (χ1n) is 6.51. The molecule has 0 radical (unpaired) electrons. The fourth-order valence-electron chi connectivity index (χ4n) is 1.88. The summed E-state index contributed by atoms with van der Waals surface area (Å²) in [6.45, 7) is 3.88. The minimum Gasteiger partial charge on any atom is -0.292 e. The molecular weight excluding hydrogens is 261 g/mol. The SMILES string of the molecule is CC(C)CC(N)[P+](O)(O)C(=O)CCc1ccccc1. The van der Waals surface area contributed by atoms with Crippen LogP contribution < -0.4 is 5.73 Å². The van der Waals surface area contributed by atoms with Crippen molar-refractivity contribution in [2.75, 3.05) is 0 Å². The molecule has 4 nitrogen and oxygen atoms in total. The van der Waals surface area contributed by atoms with Crippen LogP contribution in [0.2, 0.25) is 0 Å². The van der Waals surface area contributed by atoms with Crippen molar-refractivity contribution in [1.29, 1.82) is 0 Å². The maximum Gasteiger partial charge on any atom is 0.354 e. The molecule has 4 N–H and O–H groups in total. The first kappa shape index (κ1) is 16.3. The quantitative estimate of drug-likeness (QED) is 0.671. The van der Waals surface area contributed by atoms with Gasteiger partial charge in [0.2, 0.25) is 0 Å². The normalized spacial score (nSPS) is 13.6. The summed E-state index contributed by atoms with van der Waals surface area (Å²) in [6.07, 6.45) is 1.07. The molecule has 0 aromatic heterocycles. The smallest absolute Gasteiger partial charge is 0.292 e. The van der Waals surface area contributed by atoms with Gasteiger partial charge in [-0.1, -0.05) is 44.2 Å². The van der Waals surface area contributed by atoms with E-state index in [1.54, 1.807) is 0 Å². The second kappa shape index (κ2) is 7.11. The van der Waals surface area contributed by atoms with E-state index in [9.17, 15) is 14.6 Å². The molecule has 1 rings (SSSR count). The van der Waals surface area contributed by atoms with E-state index < -0.39 is 19.0 Å². The lowest BCUT2D eigenvalue weighted by Gasteiger charge is -2.19. The van der Waals surface area contributed by atoms with Crippen molar-refractivity contribution >= 4 is 13.2 Å². The predicted molar refractivity (Wildman–Crippen MR) is 78.6 cm³/mol. The second-order valence-corrected chi connectivity index (χ2v) is 7.69. The van der Waals surface area contributed by atoms with E-state index in [4.69, 9.17) is 5.73 Å². The largest absolute Gasteiger partial charge is 0.354 e. The van der Waals surface area contributed by atoms with Crippen molar-refractivity contribution in [3.8, 4) is 0 Å². The predicted octanol–water partition coefficient (Wildman–Crippen LogP) is 2.31. The van der Waals surface area contributed by atoms with Crippen LogP contribution in [0.4, 0.5) is 0 Å². The molecule has 0 aliphatic carbocycles. The number of benzene rings is 1. The average molecular weight is 284 g/mol.